The van der Waals surface area contributed by atoms with E-state index < -0.39 is 0 Å². The summed E-state index contributed by atoms with van der Waals surface area (Å²) >= 11 is 0. The van der Waals surface area contributed by atoms with Crippen molar-refractivity contribution in [1.29, 1.82) is 0 Å². The number of aliphatic hydroxyl groups excluding tert-OH is 1. The molecule has 1 unspecified atom stereocenters. The van der Waals surface area contributed by atoms with Gasteiger partial charge in [0.1, 0.15) is 0 Å². The van der Waals surface area contributed by atoms with Crippen LogP contribution < -0.4 is 0 Å². The van der Waals surface area contributed by atoms with Crippen LogP contribution in [0.4, 0.5) is 0 Å². The number of fused-ring (bicyclic) bond motifs is 1. The fourth-order valence-electron chi connectivity index (χ4n) is 3.86. The lowest BCUT2D eigenvalue weighted by Gasteiger charge is -2.36. The van der Waals surface area contributed by atoms with Crippen molar-refractivity contribution in [3.63, 3.8) is 0 Å². The van der Waals surface area contributed by atoms with Crippen molar-refractivity contribution in [2.75, 3.05) is 13.1 Å². The number of para-hydroxylation sites is 1. The van der Waals surface area contributed by atoms with Gasteiger partial charge in [-0.25, -0.2) is 0 Å². The van der Waals surface area contributed by atoms with Gasteiger partial charge in [-0.1, -0.05) is 48.5 Å². The van der Waals surface area contributed by atoms with E-state index in [1.54, 1.807) is 0 Å². The second-order valence-corrected chi connectivity index (χ2v) is 6.90. The zero-order chi connectivity index (χ0) is 16.4. The summed E-state index contributed by atoms with van der Waals surface area (Å²) in [5, 5.41) is 11.8. The fraction of sp³-hybridized carbons (Fsp3) is 0.333. The van der Waals surface area contributed by atoms with E-state index in [9.17, 15) is 5.11 Å². The van der Waals surface area contributed by atoms with Gasteiger partial charge >= 0.3 is 0 Å². The first-order valence-corrected chi connectivity index (χ1v) is 8.79. The summed E-state index contributed by atoms with van der Waals surface area (Å²) in [6.07, 6.45) is 3.69. The van der Waals surface area contributed by atoms with E-state index in [1.165, 1.54) is 22.0 Å². The number of nitrogens with zero attached hydrogens (tertiary/aromatic N) is 1. The Morgan fingerprint density at radius 1 is 1.04 bits per heavy atom. The number of rotatable bonds is 4. The van der Waals surface area contributed by atoms with Crippen molar-refractivity contribution in [2.45, 2.75) is 25.5 Å². The molecular weight excluding hydrogens is 296 g/mol. The van der Waals surface area contributed by atoms with Gasteiger partial charge in [-0.3, -0.25) is 4.90 Å². The van der Waals surface area contributed by atoms with Crippen LogP contribution >= 0.6 is 0 Å². The lowest BCUT2D eigenvalue weighted by molar-refractivity contribution is 0.0241. The van der Waals surface area contributed by atoms with E-state index in [4.69, 9.17) is 0 Å². The van der Waals surface area contributed by atoms with Crippen molar-refractivity contribution in [3.8, 4) is 0 Å². The highest BCUT2D eigenvalue weighted by molar-refractivity contribution is 5.83. The highest BCUT2D eigenvalue weighted by Gasteiger charge is 2.28. The molecule has 2 atom stereocenters. The van der Waals surface area contributed by atoms with Crippen LogP contribution in [0.15, 0.2) is 60.8 Å². The molecule has 2 N–H and O–H groups in total. The van der Waals surface area contributed by atoms with Crippen molar-refractivity contribution in [2.24, 2.45) is 5.92 Å². The molecule has 2 heterocycles. The second kappa shape index (κ2) is 6.80. The van der Waals surface area contributed by atoms with Gasteiger partial charge in [0.05, 0.1) is 6.10 Å². The Morgan fingerprint density at radius 2 is 1.83 bits per heavy atom. The van der Waals surface area contributed by atoms with Gasteiger partial charge in [0, 0.05) is 42.7 Å². The summed E-state index contributed by atoms with van der Waals surface area (Å²) in [6, 6.07) is 19.0. The first-order valence-electron chi connectivity index (χ1n) is 8.79. The molecule has 3 aromatic rings. The summed E-state index contributed by atoms with van der Waals surface area (Å²) in [4.78, 5) is 5.82. The van der Waals surface area contributed by atoms with Gasteiger partial charge in [0.15, 0.2) is 0 Å². The van der Waals surface area contributed by atoms with Crippen LogP contribution in [0.1, 0.15) is 17.5 Å². The Morgan fingerprint density at radius 3 is 2.71 bits per heavy atom. The molecule has 0 aliphatic carbocycles. The molecule has 1 aliphatic rings. The Balaban J connectivity index is 1.47. The number of aromatic nitrogens is 1. The number of aliphatic hydroxyl groups is 1. The lowest BCUT2D eigenvalue weighted by atomic mass is 9.88. The first-order chi connectivity index (χ1) is 11.8. The predicted molar refractivity (Wildman–Crippen MR) is 97.8 cm³/mol. The summed E-state index contributed by atoms with van der Waals surface area (Å²) in [7, 11) is 0. The molecule has 1 saturated heterocycles. The molecule has 1 aromatic heterocycles. The maximum absolute atomic E-state index is 10.5. The summed E-state index contributed by atoms with van der Waals surface area (Å²) in [5.41, 5.74) is 3.84. The average Bonchev–Trinajstić information content (AvgIpc) is 3.02. The fourth-order valence-corrected chi connectivity index (χ4v) is 3.86. The maximum Gasteiger partial charge on any atom is 0.0596 e. The number of nitrogens with one attached hydrogen (secondary N) is 1. The van der Waals surface area contributed by atoms with Crippen molar-refractivity contribution >= 4 is 10.9 Å². The average molecular weight is 320 g/mol. The third-order valence-corrected chi connectivity index (χ3v) is 5.18. The molecule has 0 saturated carbocycles. The minimum atomic E-state index is -0.203. The van der Waals surface area contributed by atoms with Crippen LogP contribution in [-0.2, 0) is 13.0 Å². The third-order valence-electron chi connectivity index (χ3n) is 5.18. The number of H-pyrrole nitrogens is 1. The van der Waals surface area contributed by atoms with Crippen LogP contribution in [0.2, 0.25) is 0 Å². The minimum absolute atomic E-state index is 0.203. The Labute approximate surface area is 142 Å². The van der Waals surface area contributed by atoms with E-state index in [2.05, 4.69) is 70.7 Å². The zero-order valence-corrected chi connectivity index (χ0v) is 13.9. The number of aromatic amines is 1. The molecular formula is C21H24N2O. The van der Waals surface area contributed by atoms with Gasteiger partial charge in [-0.2, -0.15) is 0 Å². The van der Waals surface area contributed by atoms with E-state index in [1.807, 2.05) is 0 Å². The van der Waals surface area contributed by atoms with E-state index >= 15 is 0 Å². The monoisotopic (exact) mass is 320 g/mol. The number of hydrogen-bond donors (Lipinski definition) is 2. The SMILES string of the molecule is OC1CCN(Cc2ccccc2)C[C@@H]1Cc1c[nH]c2ccccc12. The highest BCUT2D eigenvalue weighted by atomic mass is 16.3. The molecule has 0 radical (unpaired) electrons. The number of likely N-dealkylation sites (tertiary alicyclic amines) is 1. The summed E-state index contributed by atoms with van der Waals surface area (Å²) in [5.74, 6) is 0.293. The molecule has 1 aliphatic heterocycles. The van der Waals surface area contributed by atoms with E-state index in [0.717, 1.165) is 32.5 Å². The second-order valence-electron chi connectivity index (χ2n) is 6.90. The van der Waals surface area contributed by atoms with Crippen LogP contribution in [0, 0.1) is 5.92 Å². The van der Waals surface area contributed by atoms with Gasteiger partial charge in [0.25, 0.3) is 0 Å². The Kier molecular flexibility index (Phi) is 4.37. The van der Waals surface area contributed by atoms with Gasteiger partial charge in [-0.15, -0.1) is 0 Å². The molecule has 0 bridgehead atoms. The molecule has 3 nitrogen and oxygen atoms in total. The number of piperidine rings is 1. The van der Waals surface area contributed by atoms with Crippen LogP contribution in [0.5, 0.6) is 0 Å². The van der Waals surface area contributed by atoms with Crippen LogP contribution in [-0.4, -0.2) is 34.2 Å². The molecule has 0 spiro atoms. The number of benzene rings is 2. The summed E-state index contributed by atoms with van der Waals surface area (Å²) in [6.45, 7) is 2.90. The quantitative estimate of drug-likeness (QED) is 0.771. The highest BCUT2D eigenvalue weighted by Crippen LogP contribution is 2.26. The first kappa shape index (κ1) is 15.4. The number of hydrogen-bond acceptors (Lipinski definition) is 2. The van der Waals surface area contributed by atoms with Gasteiger partial charge in [-0.05, 0) is 30.0 Å². The molecule has 2 aromatic carbocycles. The smallest absolute Gasteiger partial charge is 0.0596 e. The third kappa shape index (κ3) is 3.23. The van der Waals surface area contributed by atoms with Crippen molar-refractivity contribution in [3.05, 3.63) is 71.9 Å². The van der Waals surface area contributed by atoms with Crippen molar-refractivity contribution in [1.82, 2.24) is 9.88 Å². The van der Waals surface area contributed by atoms with E-state index in [0.29, 0.717) is 5.92 Å². The van der Waals surface area contributed by atoms with Crippen molar-refractivity contribution < 1.29 is 5.11 Å². The standard InChI is InChI=1S/C21H24N2O/c24-21-10-11-23(14-16-6-2-1-3-7-16)15-18(21)12-17-13-22-20-9-5-4-8-19(17)20/h1-9,13,18,21-22,24H,10-12,14-15H2/t18-,21?/m0/s1. The largest absolute Gasteiger partial charge is 0.393 e. The Hall–Kier alpha value is -2.10. The topological polar surface area (TPSA) is 39.3 Å². The van der Waals surface area contributed by atoms with Crippen LogP contribution in [0.3, 0.4) is 0 Å². The van der Waals surface area contributed by atoms with Crippen LogP contribution in [0.25, 0.3) is 10.9 Å². The van der Waals surface area contributed by atoms with Gasteiger partial charge < -0.3 is 10.1 Å². The Bertz CT molecular complexity index is 796. The zero-order valence-electron chi connectivity index (χ0n) is 13.9. The molecule has 1 fully saturated rings. The predicted octanol–water partition coefficient (Wildman–Crippen LogP) is 3.59. The molecule has 0 amide bonds. The maximum atomic E-state index is 10.5. The lowest BCUT2D eigenvalue weighted by Crippen LogP contribution is -2.43. The molecule has 24 heavy (non-hydrogen) atoms. The minimum Gasteiger partial charge on any atom is -0.393 e. The van der Waals surface area contributed by atoms with E-state index in [-0.39, 0.29) is 6.10 Å². The summed E-state index contributed by atoms with van der Waals surface area (Å²) < 4.78 is 0. The normalized spacial score (nSPS) is 22.0. The van der Waals surface area contributed by atoms with Gasteiger partial charge in [0.2, 0.25) is 0 Å². The molecule has 4 rings (SSSR count). The molecule has 3 heteroatoms. The molecule has 124 valence electrons.